The number of fused-ring (bicyclic) bond motifs is 2. The monoisotopic (exact) mass is 666 g/mol. The SMILES string of the molecule is C1=CCCC(c2c3cc(N(c4ccccc4)c4ccccc4)ccc3c(-c3ccccc3)c3cc(N(c4ccccc4)c4ccccc4)ccc23)=C1. The Bertz CT molecular complexity index is 2460. The fourth-order valence-electron chi connectivity index (χ4n) is 7.76. The Morgan fingerprint density at radius 1 is 0.346 bits per heavy atom. The minimum Gasteiger partial charge on any atom is -0.310 e. The Hall–Kier alpha value is -6.64. The zero-order valence-corrected chi connectivity index (χ0v) is 28.9. The molecule has 52 heavy (non-hydrogen) atoms. The Balaban J connectivity index is 1.36. The highest BCUT2D eigenvalue weighted by Crippen LogP contribution is 2.47. The standard InChI is InChI=1S/C50H38N2/c1-7-19-37(20-8-1)49-45-33-31-44(52(41-27-15-5-16-28-41)42-29-17-6-18-30-42)36-48(45)50(38-21-9-2-10-22-38)46-34-32-43(35-47(46)49)51(39-23-11-3-12-24-39)40-25-13-4-14-26-40/h1-9,11-21,23-36H,10,22H2. The molecule has 0 radical (unpaired) electrons. The van der Waals surface area contributed by atoms with Crippen LogP contribution in [-0.2, 0) is 0 Å². The van der Waals surface area contributed by atoms with Crippen LogP contribution in [0.1, 0.15) is 18.4 Å². The van der Waals surface area contributed by atoms with Crippen molar-refractivity contribution in [2.24, 2.45) is 0 Å². The minimum absolute atomic E-state index is 0.999. The van der Waals surface area contributed by atoms with E-state index in [2.05, 4.69) is 216 Å². The van der Waals surface area contributed by atoms with Crippen molar-refractivity contribution in [3.8, 4) is 11.1 Å². The van der Waals surface area contributed by atoms with Gasteiger partial charge in [0.05, 0.1) is 0 Å². The first-order valence-electron chi connectivity index (χ1n) is 18.1. The van der Waals surface area contributed by atoms with E-state index >= 15 is 0 Å². The Morgan fingerprint density at radius 3 is 1.17 bits per heavy atom. The van der Waals surface area contributed by atoms with Crippen molar-refractivity contribution in [2.45, 2.75) is 12.8 Å². The average molecular weight is 667 g/mol. The highest BCUT2D eigenvalue weighted by Gasteiger charge is 2.22. The molecule has 2 nitrogen and oxygen atoms in total. The quantitative estimate of drug-likeness (QED) is 0.149. The Labute approximate surface area is 305 Å². The van der Waals surface area contributed by atoms with Crippen LogP contribution >= 0.6 is 0 Å². The molecule has 0 spiro atoms. The van der Waals surface area contributed by atoms with Crippen molar-refractivity contribution in [1.29, 1.82) is 0 Å². The van der Waals surface area contributed by atoms with Crippen LogP contribution in [0.4, 0.5) is 34.1 Å². The molecule has 0 aromatic heterocycles. The summed E-state index contributed by atoms with van der Waals surface area (Å²) < 4.78 is 0. The highest BCUT2D eigenvalue weighted by molar-refractivity contribution is 6.20. The third kappa shape index (κ3) is 5.85. The molecular formula is C50H38N2. The smallest absolute Gasteiger partial charge is 0.0468 e. The van der Waals surface area contributed by atoms with Crippen LogP contribution in [-0.4, -0.2) is 0 Å². The van der Waals surface area contributed by atoms with Crippen LogP contribution < -0.4 is 9.80 Å². The topological polar surface area (TPSA) is 6.48 Å². The van der Waals surface area contributed by atoms with Crippen LogP contribution in [0.25, 0.3) is 38.2 Å². The molecule has 0 amide bonds. The van der Waals surface area contributed by atoms with E-state index in [0.717, 1.165) is 47.0 Å². The second kappa shape index (κ2) is 13.9. The molecule has 9 rings (SSSR count). The number of hydrogen-bond acceptors (Lipinski definition) is 2. The molecule has 0 fully saturated rings. The summed E-state index contributed by atoms with van der Waals surface area (Å²) in [7, 11) is 0. The lowest BCUT2D eigenvalue weighted by Crippen LogP contribution is -2.10. The van der Waals surface area contributed by atoms with Crippen LogP contribution in [0.2, 0.25) is 0 Å². The molecule has 1 aliphatic carbocycles. The fraction of sp³-hybridized carbons (Fsp3) is 0.0400. The van der Waals surface area contributed by atoms with Crippen LogP contribution in [0, 0.1) is 0 Å². The van der Waals surface area contributed by atoms with Gasteiger partial charge in [-0.25, -0.2) is 0 Å². The largest absolute Gasteiger partial charge is 0.310 e. The van der Waals surface area contributed by atoms with Gasteiger partial charge in [-0.2, -0.15) is 0 Å². The molecule has 8 aromatic carbocycles. The fourth-order valence-corrected chi connectivity index (χ4v) is 7.76. The first kappa shape index (κ1) is 31.3. The van der Waals surface area contributed by atoms with E-state index in [1.807, 2.05) is 0 Å². The summed E-state index contributed by atoms with van der Waals surface area (Å²) in [5.74, 6) is 0. The van der Waals surface area contributed by atoms with Crippen molar-refractivity contribution < 1.29 is 0 Å². The molecule has 248 valence electrons. The zero-order valence-electron chi connectivity index (χ0n) is 28.9. The maximum Gasteiger partial charge on any atom is 0.0468 e. The predicted octanol–water partition coefficient (Wildman–Crippen LogP) is 14.3. The van der Waals surface area contributed by atoms with Gasteiger partial charge in [0.1, 0.15) is 0 Å². The molecule has 0 aliphatic heterocycles. The molecule has 0 atom stereocenters. The molecule has 0 saturated heterocycles. The Kier molecular flexibility index (Phi) is 8.40. The number of para-hydroxylation sites is 4. The molecule has 0 saturated carbocycles. The van der Waals surface area contributed by atoms with E-state index in [0.29, 0.717) is 0 Å². The van der Waals surface area contributed by atoms with Crippen molar-refractivity contribution >= 4 is 61.2 Å². The van der Waals surface area contributed by atoms with Crippen molar-refractivity contribution in [2.75, 3.05) is 9.80 Å². The first-order chi connectivity index (χ1) is 25.8. The highest BCUT2D eigenvalue weighted by atomic mass is 15.1. The third-order valence-corrected chi connectivity index (χ3v) is 10.1. The molecule has 0 N–H and O–H groups in total. The van der Waals surface area contributed by atoms with Gasteiger partial charge in [0.2, 0.25) is 0 Å². The van der Waals surface area contributed by atoms with E-state index < -0.39 is 0 Å². The average Bonchev–Trinajstić information content (AvgIpc) is 3.22. The summed E-state index contributed by atoms with van der Waals surface area (Å²) in [6.45, 7) is 0. The second-order valence-corrected chi connectivity index (χ2v) is 13.2. The van der Waals surface area contributed by atoms with Gasteiger partial charge < -0.3 is 9.80 Å². The summed E-state index contributed by atoms with van der Waals surface area (Å²) in [6.07, 6.45) is 8.86. The lowest BCUT2D eigenvalue weighted by atomic mass is 9.83. The van der Waals surface area contributed by atoms with E-state index in [1.54, 1.807) is 0 Å². The molecule has 0 bridgehead atoms. The van der Waals surface area contributed by atoms with Gasteiger partial charge in [-0.15, -0.1) is 0 Å². The van der Waals surface area contributed by atoms with Gasteiger partial charge in [-0.05, 0) is 129 Å². The van der Waals surface area contributed by atoms with E-state index in [4.69, 9.17) is 0 Å². The van der Waals surface area contributed by atoms with Crippen molar-refractivity contribution in [3.05, 3.63) is 212 Å². The molecule has 1 aliphatic rings. The van der Waals surface area contributed by atoms with Gasteiger partial charge >= 0.3 is 0 Å². The van der Waals surface area contributed by atoms with Crippen molar-refractivity contribution in [3.63, 3.8) is 0 Å². The number of rotatable bonds is 8. The van der Waals surface area contributed by atoms with Crippen LogP contribution in [0.3, 0.4) is 0 Å². The minimum atomic E-state index is 0.999. The predicted molar refractivity (Wildman–Crippen MR) is 223 cm³/mol. The summed E-state index contributed by atoms with van der Waals surface area (Å²) in [4.78, 5) is 4.73. The maximum atomic E-state index is 2.42. The molecule has 8 aromatic rings. The molecular weight excluding hydrogens is 629 g/mol. The number of benzene rings is 8. The number of nitrogens with zero attached hydrogens (tertiary/aromatic N) is 2. The van der Waals surface area contributed by atoms with Crippen LogP contribution in [0.15, 0.2) is 206 Å². The van der Waals surface area contributed by atoms with Gasteiger partial charge in [-0.1, -0.05) is 133 Å². The number of allylic oxidation sites excluding steroid dienone is 4. The first-order valence-corrected chi connectivity index (χ1v) is 18.1. The van der Waals surface area contributed by atoms with Gasteiger partial charge in [0, 0.05) is 34.1 Å². The number of anilines is 6. The van der Waals surface area contributed by atoms with E-state index in [-0.39, 0.29) is 0 Å². The van der Waals surface area contributed by atoms with Crippen molar-refractivity contribution in [1.82, 2.24) is 0 Å². The lowest BCUT2D eigenvalue weighted by molar-refractivity contribution is 1.06. The van der Waals surface area contributed by atoms with E-state index in [1.165, 1.54) is 43.8 Å². The lowest BCUT2D eigenvalue weighted by Gasteiger charge is -2.28. The third-order valence-electron chi connectivity index (χ3n) is 10.1. The second-order valence-electron chi connectivity index (χ2n) is 13.2. The van der Waals surface area contributed by atoms with E-state index in [9.17, 15) is 0 Å². The van der Waals surface area contributed by atoms with Gasteiger partial charge in [0.15, 0.2) is 0 Å². The van der Waals surface area contributed by atoms with Gasteiger partial charge in [0.25, 0.3) is 0 Å². The summed E-state index contributed by atoms with van der Waals surface area (Å²) in [5, 5.41) is 5.02. The summed E-state index contributed by atoms with van der Waals surface area (Å²) in [5.41, 5.74) is 11.9. The molecule has 2 heteroatoms. The summed E-state index contributed by atoms with van der Waals surface area (Å²) >= 11 is 0. The normalized spacial score (nSPS) is 12.5. The van der Waals surface area contributed by atoms with Gasteiger partial charge in [-0.3, -0.25) is 0 Å². The Morgan fingerprint density at radius 2 is 0.750 bits per heavy atom. The molecule has 0 heterocycles. The molecule has 0 unspecified atom stereocenters. The summed E-state index contributed by atoms with van der Waals surface area (Å²) in [6, 6.07) is 67.8. The maximum absolute atomic E-state index is 2.42. The van der Waals surface area contributed by atoms with Crippen LogP contribution in [0.5, 0.6) is 0 Å². The number of hydrogen-bond donors (Lipinski definition) is 0. The zero-order chi connectivity index (χ0) is 34.7.